The summed E-state index contributed by atoms with van der Waals surface area (Å²) in [5.41, 5.74) is 1.17. The zero-order valence-electron chi connectivity index (χ0n) is 10.9. The van der Waals surface area contributed by atoms with Crippen LogP contribution in [0.4, 0.5) is 0 Å². The summed E-state index contributed by atoms with van der Waals surface area (Å²) in [6.45, 7) is 8.57. The van der Waals surface area contributed by atoms with Gasteiger partial charge >= 0.3 is 0 Å². The topological polar surface area (TPSA) is 49.4 Å². The number of sulfonamides is 1. The highest BCUT2D eigenvalue weighted by Crippen LogP contribution is 2.20. The maximum atomic E-state index is 11.0. The van der Waals surface area contributed by atoms with Crippen LogP contribution in [-0.4, -0.2) is 45.2 Å². The smallest absolute Gasteiger partial charge is 0.208 e. The van der Waals surface area contributed by atoms with Crippen molar-refractivity contribution in [2.75, 3.05) is 25.9 Å². The summed E-state index contributed by atoms with van der Waals surface area (Å²) in [5.74, 6) is 0. The fourth-order valence-corrected chi connectivity index (χ4v) is 2.84. The van der Waals surface area contributed by atoms with Crippen LogP contribution in [-0.2, 0) is 10.0 Å². The molecule has 17 heavy (non-hydrogen) atoms. The van der Waals surface area contributed by atoms with Crippen LogP contribution in [0.1, 0.15) is 32.6 Å². The van der Waals surface area contributed by atoms with Gasteiger partial charge in [-0.2, -0.15) is 0 Å². The maximum absolute atomic E-state index is 11.0. The monoisotopic (exact) mass is 260 g/mol. The molecule has 0 aromatic heterocycles. The number of piperidine rings is 1. The highest BCUT2D eigenvalue weighted by atomic mass is 32.2. The summed E-state index contributed by atoms with van der Waals surface area (Å²) < 4.78 is 24.6. The molecule has 0 amide bonds. The maximum Gasteiger partial charge on any atom is 0.208 e. The predicted molar refractivity (Wildman–Crippen MR) is 71.5 cm³/mol. The van der Waals surface area contributed by atoms with Crippen LogP contribution < -0.4 is 4.72 Å². The summed E-state index contributed by atoms with van der Waals surface area (Å²) in [7, 11) is -3.05. The quantitative estimate of drug-likeness (QED) is 0.734. The molecule has 4 nitrogen and oxygen atoms in total. The van der Waals surface area contributed by atoms with Gasteiger partial charge in [0, 0.05) is 19.1 Å². The summed E-state index contributed by atoms with van der Waals surface area (Å²) in [5, 5.41) is 0. The van der Waals surface area contributed by atoms with Crippen LogP contribution in [0.15, 0.2) is 12.2 Å². The lowest BCUT2D eigenvalue weighted by Crippen LogP contribution is -2.42. The lowest BCUT2D eigenvalue weighted by Gasteiger charge is -2.36. The van der Waals surface area contributed by atoms with Crippen molar-refractivity contribution in [3.63, 3.8) is 0 Å². The average Bonchev–Trinajstić information content (AvgIpc) is 2.18. The molecule has 0 aliphatic carbocycles. The summed E-state index contributed by atoms with van der Waals surface area (Å²) in [6.07, 6.45) is 5.75. The van der Waals surface area contributed by atoms with Gasteiger partial charge in [0.25, 0.3) is 0 Å². The Morgan fingerprint density at radius 2 is 2.18 bits per heavy atom. The second kappa shape index (κ2) is 6.52. The van der Waals surface area contributed by atoms with Crippen LogP contribution in [0.3, 0.4) is 0 Å². The third-order valence-corrected chi connectivity index (χ3v) is 3.79. The van der Waals surface area contributed by atoms with E-state index in [9.17, 15) is 8.42 Å². The lowest BCUT2D eigenvalue weighted by molar-refractivity contribution is 0.154. The first-order valence-electron chi connectivity index (χ1n) is 6.21. The Bertz CT molecular complexity index is 352. The summed E-state index contributed by atoms with van der Waals surface area (Å²) >= 11 is 0. The van der Waals surface area contributed by atoms with E-state index in [4.69, 9.17) is 0 Å². The first-order chi connectivity index (χ1) is 7.88. The van der Waals surface area contributed by atoms with E-state index in [1.165, 1.54) is 31.1 Å². The number of likely N-dealkylation sites (tertiary alicyclic amines) is 1. The number of hydrogen-bond donors (Lipinski definition) is 1. The highest BCUT2D eigenvalue weighted by Gasteiger charge is 2.21. The summed E-state index contributed by atoms with van der Waals surface area (Å²) in [6, 6.07) is 0.495. The van der Waals surface area contributed by atoms with E-state index in [2.05, 4.69) is 16.2 Å². The Labute approximate surface area is 105 Å². The van der Waals surface area contributed by atoms with Crippen molar-refractivity contribution in [3.05, 3.63) is 12.2 Å². The van der Waals surface area contributed by atoms with Gasteiger partial charge in [-0.15, -0.1) is 0 Å². The van der Waals surface area contributed by atoms with Gasteiger partial charge in [0.2, 0.25) is 10.0 Å². The Morgan fingerprint density at radius 3 is 2.76 bits per heavy atom. The van der Waals surface area contributed by atoms with Crippen LogP contribution in [0.25, 0.3) is 0 Å². The average molecular weight is 260 g/mol. The second-order valence-corrected chi connectivity index (χ2v) is 6.87. The van der Waals surface area contributed by atoms with Crippen LogP contribution in [0.2, 0.25) is 0 Å². The fourth-order valence-electron chi connectivity index (χ4n) is 2.35. The predicted octanol–water partition coefficient (Wildman–Crippen LogP) is 1.36. The SMILES string of the molecule is C=C(C)CN1CCCC[C@H]1CCNS(C)(=O)=O. The molecule has 1 heterocycles. The van der Waals surface area contributed by atoms with E-state index in [0.717, 1.165) is 19.5 Å². The Kier molecular flexibility index (Phi) is 5.62. The molecule has 0 aromatic rings. The van der Waals surface area contributed by atoms with Gasteiger partial charge in [0.1, 0.15) is 0 Å². The molecule has 1 rings (SSSR count). The molecule has 5 heteroatoms. The molecule has 0 radical (unpaired) electrons. The zero-order chi connectivity index (χ0) is 12.9. The third kappa shape index (κ3) is 6.19. The van der Waals surface area contributed by atoms with Crippen molar-refractivity contribution in [1.82, 2.24) is 9.62 Å². The molecular formula is C12H24N2O2S. The molecule has 1 fully saturated rings. The van der Waals surface area contributed by atoms with Gasteiger partial charge < -0.3 is 0 Å². The van der Waals surface area contributed by atoms with Crippen LogP contribution in [0, 0.1) is 0 Å². The summed E-state index contributed by atoms with van der Waals surface area (Å²) in [4.78, 5) is 2.43. The van der Waals surface area contributed by atoms with Crippen LogP contribution >= 0.6 is 0 Å². The molecule has 0 saturated carbocycles. The number of rotatable bonds is 6. The van der Waals surface area contributed by atoms with Gasteiger partial charge in [-0.3, -0.25) is 4.90 Å². The standard InChI is InChI=1S/C12H24N2O2S/c1-11(2)10-14-9-5-4-6-12(14)7-8-13-17(3,15)16/h12-13H,1,4-10H2,2-3H3/t12-/m0/s1. The zero-order valence-corrected chi connectivity index (χ0v) is 11.7. The van der Waals surface area contributed by atoms with Gasteiger partial charge in [0.15, 0.2) is 0 Å². The number of nitrogens with zero attached hydrogens (tertiary/aromatic N) is 1. The molecule has 0 aromatic carbocycles. The first kappa shape index (κ1) is 14.7. The Morgan fingerprint density at radius 1 is 1.47 bits per heavy atom. The third-order valence-electron chi connectivity index (χ3n) is 3.06. The van der Waals surface area contributed by atoms with Gasteiger partial charge in [-0.1, -0.05) is 18.6 Å². The Hall–Kier alpha value is -0.390. The molecule has 1 aliphatic rings. The minimum atomic E-state index is -3.05. The second-order valence-electron chi connectivity index (χ2n) is 5.03. The van der Waals surface area contributed by atoms with E-state index < -0.39 is 10.0 Å². The lowest BCUT2D eigenvalue weighted by atomic mass is 9.99. The fraction of sp³-hybridized carbons (Fsp3) is 0.833. The van der Waals surface area contributed by atoms with Gasteiger partial charge in [-0.25, -0.2) is 13.1 Å². The van der Waals surface area contributed by atoms with Crippen molar-refractivity contribution in [2.24, 2.45) is 0 Å². The van der Waals surface area contributed by atoms with Crippen molar-refractivity contribution in [1.29, 1.82) is 0 Å². The van der Waals surface area contributed by atoms with Crippen LogP contribution in [0.5, 0.6) is 0 Å². The molecule has 0 bridgehead atoms. The minimum Gasteiger partial charge on any atom is -0.296 e. The normalized spacial score (nSPS) is 22.6. The molecule has 0 unspecified atom stereocenters. The van der Waals surface area contributed by atoms with E-state index >= 15 is 0 Å². The first-order valence-corrected chi connectivity index (χ1v) is 8.10. The van der Waals surface area contributed by atoms with Gasteiger partial charge in [0.05, 0.1) is 6.26 Å². The molecule has 1 saturated heterocycles. The largest absolute Gasteiger partial charge is 0.296 e. The van der Waals surface area contributed by atoms with Crippen molar-refractivity contribution < 1.29 is 8.42 Å². The number of nitrogens with one attached hydrogen (secondary N) is 1. The Balaban J connectivity index is 2.40. The molecule has 1 N–H and O–H groups in total. The minimum absolute atomic E-state index is 0.495. The molecule has 100 valence electrons. The highest BCUT2D eigenvalue weighted by molar-refractivity contribution is 7.88. The van der Waals surface area contributed by atoms with E-state index in [0.29, 0.717) is 12.6 Å². The van der Waals surface area contributed by atoms with E-state index in [-0.39, 0.29) is 0 Å². The molecule has 0 spiro atoms. The van der Waals surface area contributed by atoms with Crippen molar-refractivity contribution in [2.45, 2.75) is 38.6 Å². The molecule has 1 atom stereocenters. The molecular weight excluding hydrogens is 236 g/mol. The van der Waals surface area contributed by atoms with Gasteiger partial charge in [-0.05, 0) is 32.7 Å². The van der Waals surface area contributed by atoms with E-state index in [1.807, 2.05) is 6.92 Å². The van der Waals surface area contributed by atoms with Crippen molar-refractivity contribution >= 4 is 10.0 Å². The number of hydrogen-bond acceptors (Lipinski definition) is 3. The van der Waals surface area contributed by atoms with E-state index in [1.54, 1.807) is 0 Å². The molecule has 1 aliphatic heterocycles. The van der Waals surface area contributed by atoms with Crippen molar-refractivity contribution in [3.8, 4) is 0 Å².